The molecule has 0 saturated carbocycles. The first kappa shape index (κ1) is 15.6. The van der Waals surface area contributed by atoms with Gasteiger partial charge in [-0.1, -0.05) is 0 Å². The van der Waals surface area contributed by atoms with Gasteiger partial charge in [0.25, 0.3) is 0 Å². The lowest BCUT2D eigenvalue weighted by molar-refractivity contribution is 0.284. The second-order valence-electron chi connectivity index (χ2n) is 5.04. The van der Waals surface area contributed by atoms with Crippen molar-refractivity contribution in [2.24, 2.45) is 0 Å². The van der Waals surface area contributed by atoms with Crippen molar-refractivity contribution in [1.29, 1.82) is 0 Å². The fourth-order valence-electron chi connectivity index (χ4n) is 2.64. The highest BCUT2D eigenvalue weighted by atomic mass is 35.5. The van der Waals surface area contributed by atoms with Crippen molar-refractivity contribution in [2.45, 2.75) is 24.3 Å². The maximum absolute atomic E-state index is 12.7. The summed E-state index contributed by atoms with van der Waals surface area (Å²) in [6.45, 7) is 4.51. The van der Waals surface area contributed by atoms with E-state index in [0.717, 1.165) is 17.7 Å². The summed E-state index contributed by atoms with van der Waals surface area (Å²) in [5.41, 5.74) is 0.990. The highest BCUT2D eigenvalue weighted by Gasteiger charge is 2.31. The summed E-state index contributed by atoms with van der Waals surface area (Å²) in [5.74, 6) is 0.812. The summed E-state index contributed by atoms with van der Waals surface area (Å²) >= 11 is 0. The smallest absolute Gasteiger partial charge is 0.243 e. The van der Waals surface area contributed by atoms with E-state index in [1.54, 1.807) is 22.5 Å². The van der Waals surface area contributed by atoms with Gasteiger partial charge in [0, 0.05) is 32.1 Å². The Kier molecular flexibility index (Phi) is 4.59. The van der Waals surface area contributed by atoms with Crippen LogP contribution in [0.1, 0.15) is 12.5 Å². The molecule has 5 nitrogen and oxygen atoms in total. The fourth-order valence-corrected chi connectivity index (χ4v) is 4.32. The Balaban J connectivity index is 0.00000147. The second-order valence-corrected chi connectivity index (χ2v) is 6.93. The van der Waals surface area contributed by atoms with Crippen LogP contribution in [-0.4, -0.2) is 45.0 Å². The van der Waals surface area contributed by atoms with Crippen LogP contribution in [0, 0.1) is 0 Å². The molecule has 2 aliphatic rings. The summed E-state index contributed by atoms with van der Waals surface area (Å²) in [5, 5.41) is 3.20. The summed E-state index contributed by atoms with van der Waals surface area (Å²) in [4.78, 5) is 0.380. The quantitative estimate of drug-likeness (QED) is 0.884. The number of halogens is 1. The molecule has 1 fully saturated rings. The van der Waals surface area contributed by atoms with Crippen LogP contribution in [0.2, 0.25) is 0 Å². The Morgan fingerprint density at radius 3 is 2.95 bits per heavy atom. The number of nitrogens with zero attached hydrogens (tertiary/aromatic N) is 1. The Hall–Kier alpha value is -0.820. The van der Waals surface area contributed by atoms with Crippen molar-refractivity contribution in [3.8, 4) is 5.75 Å². The Morgan fingerprint density at radius 2 is 2.20 bits per heavy atom. The van der Waals surface area contributed by atoms with Gasteiger partial charge in [0.15, 0.2) is 0 Å². The van der Waals surface area contributed by atoms with E-state index in [0.29, 0.717) is 31.1 Å². The molecule has 2 heterocycles. The third-order valence-corrected chi connectivity index (χ3v) is 5.72. The Bertz CT molecular complexity index is 591. The first-order valence-electron chi connectivity index (χ1n) is 6.57. The van der Waals surface area contributed by atoms with Gasteiger partial charge in [-0.3, -0.25) is 0 Å². The summed E-state index contributed by atoms with van der Waals surface area (Å²) in [7, 11) is -3.40. The van der Waals surface area contributed by atoms with E-state index in [4.69, 9.17) is 4.74 Å². The van der Waals surface area contributed by atoms with Gasteiger partial charge < -0.3 is 10.1 Å². The third-order valence-electron chi connectivity index (χ3n) is 3.71. The van der Waals surface area contributed by atoms with Crippen LogP contribution in [-0.2, 0) is 16.4 Å². The molecule has 0 aromatic heterocycles. The van der Waals surface area contributed by atoms with Crippen molar-refractivity contribution in [3.63, 3.8) is 0 Å². The van der Waals surface area contributed by atoms with Gasteiger partial charge >= 0.3 is 0 Å². The molecule has 0 bridgehead atoms. The van der Waals surface area contributed by atoms with E-state index in [9.17, 15) is 8.42 Å². The molecule has 0 amide bonds. The fraction of sp³-hybridized carbons (Fsp3) is 0.538. The van der Waals surface area contributed by atoms with Crippen LogP contribution < -0.4 is 10.1 Å². The second kappa shape index (κ2) is 5.89. The summed E-state index contributed by atoms with van der Waals surface area (Å²) < 4.78 is 32.3. The molecular formula is C13H19ClN2O3S. The lowest BCUT2D eigenvalue weighted by Crippen LogP contribution is -2.52. The summed E-state index contributed by atoms with van der Waals surface area (Å²) in [6, 6.07) is 5.16. The first-order valence-corrected chi connectivity index (χ1v) is 8.01. The minimum absolute atomic E-state index is 0. The first-order chi connectivity index (χ1) is 9.09. The molecule has 2 aliphatic heterocycles. The molecule has 1 N–H and O–H groups in total. The number of benzene rings is 1. The maximum atomic E-state index is 12.7. The average Bonchev–Trinajstić information content (AvgIpc) is 2.86. The van der Waals surface area contributed by atoms with Crippen LogP contribution in [0.3, 0.4) is 0 Å². The highest BCUT2D eigenvalue weighted by molar-refractivity contribution is 7.89. The standard InChI is InChI=1S/C13H18N2O3S.ClH/c1-10-9-14-5-6-15(10)19(16,17)12-2-3-13-11(8-12)4-7-18-13;/h2-3,8,10,14H,4-7,9H2,1H3;1H/t10-;/m0./s1. The largest absolute Gasteiger partial charge is 0.493 e. The number of hydrogen-bond donors (Lipinski definition) is 1. The Morgan fingerprint density at radius 1 is 1.40 bits per heavy atom. The highest BCUT2D eigenvalue weighted by Crippen LogP contribution is 2.29. The molecule has 0 aliphatic carbocycles. The molecule has 0 radical (unpaired) electrons. The van der Waals surface area contributed by atoms with E-state index in [1.807, 2.05) is 6.92 Å². The zero-order valence-electron chi connectivity index (χ0n) is 11.3. The van der Waals surface area contributed by atoms with Crippen LogP contribution in [0.15, 0.2) is 23.1 Å². The number of piperazine rings is 1. The number of sulfonamides is 1. The van der Waals surface area contributed by atoms with Gasteiger partial charge in [0.2, 0.25) is 10.0 Å². The van der Waals surface area contributed by atoms with Gasteiger partial charge in [0.05, 0.1) is 11.5 Å². The molecule has 3 rings (SSSR count). The molecule has 112 valence electrons. The lowest BCUT2D eigenvalue weighted by atomic mass is 10.2. The molecule has 0 spiro atoms. The van der Waals surface area contributed by atoms with E-state index >= 15 is 0 Å². The molecular weight excluding hydrogens is 300 g/mol. The number of nitrogens with one attached hydrogen (secondary N) is 1. The molecule has 1 aromatic carbocycles. The molecule has 1 saturated heterocycles. The Labute approximate surface area is 125 Å². The van der Waals surface area contributed by atoms with E-state index in [1.165, 1.54) is 0 Å². The van der Waals surface area contributed by atoms with Crippen molar-refractivity contribution in [3.05, 3.63) is 23.8 Å². The minimum Gasteiger partial charge on any atom is -0.493 e. The predicted molar refractivity (Wildman–Crippen MR) is 79.1 cm³/mol. The monoisotopic (exact) mass is 318 g/mol. The molecule has 20 heavy (non-hydrogen) atoms. The van der Waals surface area contributed by atoms with Crippen molar-refractivity contribution in [1.82, 2.24) is 9.62 Å². The summed E-state index contributed by atoms with van der Waals surface area (Å²) in [6.07, 6.45) is 0.788. The number of ether oxygens (including phenoxy) is 1. The van der Waals surface area contributed by atoms with Crippen molar-refractivity contribution in [2.75, 3.05) is 26.2 Å². The normalized spacial score (nSPS) is 22.8. The van der Waals surface area contributed by atoms with Gasteiger partial charge in [-0.25, -0.2) is 8.42 Å². The molecule has 0 unspecified atom stereocenters. The van der Waals surface area contributed by atoms with Crippen LogP contribution in [0.4, 0.5) is 0 Å². The number of fused-ring (bicyclic) bond motifs is 1. The SMILES string of the molecule is C[C@H]1CNCCN1S(=O)(=O)c1ccc2c(c1)CCO2.Cl. The molecule has 1 atom stereocenters. The van der Waals surface area contributed by atoms with Crippen LogP contribution >= 0.6 is 12.4 Å². The molecule has 7 heteroatoms. The third kappa shape index (κ3) is 2.65. The van der Waals surface area contributed by atoms with Gasteiger partial charge in [-0.2, -0.15) is 4.31 Å². The molecule has 1 aromatic rings. The van der Waals surface area contributed by atoms with E-state index in [2.05, 4.69) is 5.32 Å². The predicted octanol–water partition coefficient (Wildman–Crippen LogP) is 1.03. The van der Waals surface area contributed by atoms with Crippen LogP contribution in [0.25, 0.3) is 0 Å². The van der Waals surface area contributed by atoms with Crippen molar-refractivity contribution < 1.29 is 13.2 Å². The van der Waals surface area contributed by atoms with E-state index in [-0.39, 0.29) is 18.4 Å². The topological polar surface area (TPSA) is 58.6 Å². The minimum atomic E-state index is -3.40. The van der Waals surface area contributed by atoms with E-state index < -0.39 is 10.0 Å². The van der Waals surface area contributed by atoms with Crippen molar-refractivity contribution >= 4 is 22.4 Å². The lowest BCUT2D eigenvalue weighted by Gasteiger charge is -2.32. The average molecular weight is 319 g/mol. The van der Waals surface area contributed by atoms with Gasteiger partial charge in [-0.05, 0) is 30.7 Å². The number of hydrogen-bond acceptors (Lipinski definition) is 4. The maximum Gasteiger partial charge on any atom is 0.243 e. The van der Waals surface area contributed by atoms with Crippen LogP contribution in [0.5, 0.6) is 5.75 Å². The zero-order chi connectivity index (χ0) is 13.5. The van der Waals surface area contributed by atoms with Gasteiger partial charge in [-0.15, -0.1) is 12.4 Å². The number of rotatable bonds is 2. The zero-order valence-corrected chi connectivity index (χ0v) is 13.0. The van der Waals surface area contributed by atoms with Gasteiger partial charge in [0.1, 0.15) is 5.75 Å².